The highest BCUT2D eigenvalue weighted by molar-refractivity contribution is 5.97. The summed E-state index contributed by atoms with van der Waals surface area (Å²) >= 11 is 0. The average molecular weight is 448 g/mol. The van der Waals surface area contributed by atoms with Gasteiger partial charge in [-0.25, -0.2) is 4.98 Å². The lowest BCUT2D eigenvalue weighted by atomic mass is 10.1. The van der Waals surface area contributed by atoms with Crippen LogP contribution in [0.2, 0.25) is 0 Å². The number of carbonyl (C=O) groups excluding carboxylic acids is 1. The Morgan fingerprint density at radius 1 is 1.24 bits per heavy atom. The highest BCUT2D eigenvalue weighted by atomic mass is 16.5. The van der Waals surface area contributed by atoms with E-state index in [0.29, 0.717) is 36.2 Å². The van der Waals surface area contributed by atoms with Crippen LogP contribution in [0.15, 0.2) is 35.1 Å². The number of fused-ring (bicyclic) bond motifs is 3. The summed E-state index contributed by atoms with van der Waals surface area (Å²) < 4.78 is 13.5. The Hall–Kier alpha value is -3.35. The van der Waals surface area contributed by atoms with Crippen molar-refractivity contribution in [3.05, 3.63) is 63.2 Å². The Kier molecular flexibility index (Phi) is 5.79. The molecule has 172 valence electrons. The zero-order valence-electron chi connectivity index (χ0n) is 19.1. The minimum Gasteiger partial charge on any atom is -0.494 e. The normalized spacial score (nSPS) is 17.1. The van der Waals surface area contributed by atoms with Crippen molar-refractivity contribution in [2.75, 3.05) is 6.61 Å². The van der Waals surface area contributed by atoms with Gasteiger partial charge in [-0.15, -0.1) is 0 Å². The zero-order chi connectivity index (χ0) is 22.9. The average Bonchev–Trinajstić information content (AvgIpc) is 3.00. The van der Waals surface area contributed by atoms with Gasteiger partial charge in [0.2, 0.25) is 0 Å². The number of amides is 1. The number of aryl methyl sites for hydroxylation is 1. The molecule has 1 amide bonds. The van der Waals surface area contributed by atoms with Crippen LogP contribution in [0.1, 0.15) is 60.4 Å². The first-order valence-electron chi connectivity index (χ1n) is 11.8. The lowest BCUT2D eigenvalue weighted by molar-refractivity contribution is 0.0950. The van der Waals surface area contributed by atoms with Gasteiger partial charge in [0, 0.05) is 42.6 Å². The van der Waals surface area contributed by atoms with E-state index in [4.69, 9.17) is 14.5 Å². The molecule has 0 spiro atoms. The van der Waals surface area contributed by atoms with Crippen LogP contribution in [0, 0.1) is 0 Å². The number of hydrogen-bond acceptors (Lipinski definition) is 5. The summed E-state index contributed by atoms with van der Waals surface area (Å²) in [5.41, 5.74) is 3.05. The van der Waals surface area contributed by atoms with Crippen LogP contribution in [-0.2, 0) is 25.9 Å². The van der Waals surface area contributed by atoms with E-state index >= 15 is 0 Å². The summed E-state index contributed by atoms with van der Waals surface area (Å²) in [6.07, 6.45) is 4.92. The Morgan fingerprint density at radius 3 is 2.97 bits per heavy atom. The third kappa shape index (κ3) is 4.19. The Labute approximate surface area is 192 Å². The molecule has 3 aromatic rings. The molecule has 2 aromatic carbocycles. The molecule has 0 fully saturated rings. The molecule has 2 aliphatic rings. The highest BCUT2D eigenvalue weighted by Crippen LogP contribution is 2.35. The highest BCUT2D eigenvalue weighted by Gasteiger charge is 2.22. The minimum atomic E-state index is -0.217. The Morgan fingerprint density at radius 2 is 2.12 bits per heavy atom. The van der Waals surface area contributed by atoms with Gasteiger partial charge in [0.25, 0.3) is 11.5 Å². The van der Waals surface area contributed by atoms with Crippen molar-refractivity contribution in [3.8, 4) is 11.5 Å². The SMILES string of the molecule is CCOc1cc2c(cc1CNC(=O)c1ccc3c(=O)n4c(nc3c1)CCCCC4)O[C@@H](C)C2. The van der Waals surface area contributed by atoms with E-state index in [1.54, 1.807) is 22.8 Å². The topological polar surface area (TPSA) is 82.5 Å². The first-order valence-corrected chi connectivity index (χ1v) is 11.8. The largest absolute Gasteiger partial charge is 0.494 e. The molecule has 0 saturated heterocycles. The molecule has 2 aliphatic heterocycles. The van der Waals surface area contributed by atoms with E-state index in [1.165, 1.54) is 0 Å². The third-order valence-electron chi connectivity index (χ3n) is 6.40. The van der Waals surface area contributed by atoms with E-state index in [1.807, 2.05) is 26.0 Å². The standard InChI is InChI=1S/C26H29N3O4/c1-3-32-22-13-18-11-16(2)33-23(18)14-19(22)15-27-25(30)17-8-9-20-21(12-17)28-24-7-5-4-6-10-29(24)26(20)31/h8-9,12-14,16H,3-7,10-11,15H2,1-2H3,(H,27,30)/t16-/m0/s1. The molecular formula is C26H29N3O4. The van der Waals surface area contributed by atoms with Crippen LogP contribution in [-0.4, -0.2) is 28.2 Å². The monoisotopic (exact) mass is 447 g/mol. The van der Waals surface area contributed by atoms with Crippen molar-refractivity contribution in [2.24, 2.45) is 0 Å². The number of rotatable bonds is 5. The maximum atomic E-state index is 13.0. The number of nitrogens with zero attached hydrogens (tertiary/aromatic N) is 2. The molecule has 1 N–H and O–H groups in total. The summed E-state index contributed by atoms with van der Waals surface area (Å²) in [5.74, 6) is 2.22. The van der Waals surface area contributed by atoms with Crippen molar-refractivity contribution in [1.29, 1.82) is 0 Å². The predicted molar refractivity (Wildman–Crippen MR) is 126 cm³/mol. The van der Waals surface area contributed by atoms with Crippen molar-refractivity contribution in [3.63, 3.8) is 0 Å². The fourth-order valence-electron chi connectivity index (χ4n) is 4.75. The fraction of sp³-hybridized carbons (Fsp3) is 0.423. The van der Waals surface area contributed by atoms with Gasteiger partial charge < -0.3 is 14.8 Å². The molecule has 7 nitrogen and oxygen atoms in total. The summed E-state index contributed by atoms with van der Waals surface area (Å²) in [7, 11) is 0. The van der Waals surface area contributed by atoms with E-state index in [0.717, 1.165) is 60.6 Å². The van der Waals surface area contributed by atoms with Crippen LogP contribution in [0.25, 0.3) is 10.9 Å². The van der Waals surface area contributed by atoms with Crippen molar-refractivity contribution in [1.82, 2.24) is 14.9 Å². The number of nitrogens with one attached hydrogen (secondary N) is 1. The van der Waals surface area contributed by atoms with Crippen LogP contribution >= 0.6 is 0 Å². The first-order chi connectivity index (χ1) is 16.0. The quantitative estimate of drug-likeness (QED) is 0.644. The second-order valence-electron chi connectivity index (χ2n) is 8.84. The molecule has 0 saturated carbocycles. The van der Waals surface area contributed by atoms with Crippen molar-refractivity contribution in [2.45, 2.75) is 65.1 Å². The number of carbonyl (C=O) groups is 1. The van der Waals surface area contributed by atoms with Gasteiger partial charge in [-0.3, -0.25) is 14.2 Å². The number of aromatic nitrogens is 2. The number of hydrogen-bond donors (Lipinski definition) is 1. The number of benzene rings is 2. The summed E-state index contributed by atoms with van der Waals surface area (Å²) in [4.78, 5) is 30.6. The van der Waals surface area contributed by atoms with Gasteiger partial charge in [0.15, 0.2) is 0 Å². The van der Waals surface area contributed by atoms with Crippen LogP contribution in [0.4, 0.5) is 0 Å². The van der Waals surface area contributed by atoms with E-state index in [9.17, 15) is 9.59 Å². The zero-order valence-corrected chi connectivity index (χ0v) is 19.1. The van der Waals surface area contributed by atoms with Gasteiger partial charge in [-0.1, -0.05) is 6.42 Å². The summed E-state index contributed by atoms with van der Waals surface area (Å²) in [5, 5.41) is 3.54. The van der Waals surface area contributed by atoms with E-state index in [-0.39, 0.29) is 17.6 Å². The smallest absolute Gasteiger partial charge is 0.261 e. The van der Waals surface area contributed by atoms with Crippen LogP contribution in [0.3, 0.4) is 0 Å². The maximum absolute atomic E-state index is 13.0. The summed E-state index contributed by atoms with van der Waals surface area (Å²) in [6.45, 7) is 5.56. The molecule has 3 heterocycles. The van der Waals surface area contributed by atoms with Crippen LogP contribution < -0.4 is 20.3 Å². The van der Waals surface area contributed by atoms with Gasteiger partial charge in [-0.2, -0.15) is 0 Å². The fourth-order valence-corrected chi connectivity index (χ4v) is 4.75. The third-order valence-corrected chi connectivity index (χ3v) is 6.40. The van der Waals surface area contributed by atoms with Gasteiger partial charge in [0.05, 0.1) is 17.5 Å². The van der Waals surface area contributed by atoms with Gasteiger partial charge in [0.1, 0.15) is 23.4 Å². The van der Waals surface area contributed by atoms with E-state index < -0.39 is 0 Å². The lowest BCUT2D eigenvalue weighted by Gasteiger charge is -2.14. The molecule has 0 radical (unpaired) electrons. The molecule has 0 aliphatic carbocycles. The number of ether oxygens (including phenoxy) is 2. The molecule has 7 heteroatoms. The van der Waals surface area contributed by atoms with Crippen LogP contribution in [0.5, 0.6) is 11.5 Å². The molecule has 33 heavy (non-hydrogen) atoms. The maximum Gasteiger partial charge on any atom is 0.261 e. The second-order valence-corrected chi connectivity index (χ2v) is 8.84. The lowest BCUT2D eigenvalue weighted by Crippen LogP contribution is -2.26. The Bertz CT molecular complexity index is 1280. The second kappa shape index (κ2) is 8.89. The van der Waals surface area contributed by atoms with Gasteiger partial charge in [-0.05, 0) is 57.0 Å². The molecule has 5 rings (SSSR count). The van der Waals surface area contributed by atoms with Crippen molar-refractivity contribution >= 4 is 16.8 Å². The Balaban J connectivity index is 1.39. The first kappa shape index (κ1) is 21.5. The van der Waals surface area contributed by atoms with E-state index in [2.05, 4.69) is 5.32 Å². The summed E-state index contributed by atoms with van der Waals surface area (Å²) in [6, 6.07) is 9.11. The van der Waals surface area contributed by atoms with Gasteiger partial charge >= 0.3 is 0 Å². The molecule has 0 unspecified atom stereocenters. The predicted octanol–water partition coefficient (Wildman–Crippen LogP) is 3.78. The molecule has 1 atom stereocenters. The minimum absolute atomic E-state index is 0.0161. The molecule has 0 bridgehead atoms. The molecule has 1 aromatic heterocycles. The van der Waals surface area contributed by atoms with Crippen molar-refractivity contribution < 1.29 is 14.3 Å². The molecular weight excluding hydrogens is 418 g/mol.